The van der Waals surface area contributed by atoms with E-state index in [-0.39, 0.29) is 5.56 Å². The van der Waals surface area contributed by atoms with Crippen LogP contribution < -0.4 is 5.56 Å². The third-order valence-corrected chi connectivity index (χ3v) is 3.40. The van der Waals surface area contributed by atoms with E-state index in [1.54, 1.807) is 17.0 Å². The first-order valence-electron chi connectivity index (χ1n) is 5.83. The summed E-state index contributed by atoms with van der Waals surface area (Å²) >= 11 is 3.37. The van der Waals surface area contributed by atoms with Crippen LogP contribution in [-0.4, -0.2) is 9.55 Å². The van der Waals surface area contributed by atoms with E-state index in [1.807, 2.05) is 31.2 Å². The summed E-state index contributed by atoms with van der Waals surface area (Å²) < 4.78 is 7.94. The molecule has 0 atom stereocenters. The van der Waals surface area contributed by atoms with Gasteiger partial charge in [0.1, 0.15) is 11.5 Å². The number of rotatable bonds is 2. The van der Waals surface area contributed by atoms with Crippen LogP contribution in [0.3, 0.4) is 0 Å². The van der Waals surface area contributed by atoms with Gasteiger partial charge in [0.15, 0.2) is 0 Å². The predicted octanol–water partition coefficient (Wildman–Crippen LogP) is 3.11. The van der Waals surface area contributed by atoms with Gasteiger partial charge in [-0.1, -0.05) is 15.9 Å². The summed E-state index contributed by atoms with van der Waals surface area (Å²) in [6.07, 6.45) is 1.55. The summed E-state index contributed by atoms with van der Waals surface area (Å²) in [6, 6.07) is 9.20. The lowest BCUT2D eigenvalue weighted by molar-refractivity contribution is 0.466. The maximum atomic E-state index is 12.3. The normalized spacial score (nSPS) is 11.1. The first-order valence-corrected chi connectivity index (χ1v) is 6.63. The predicted molar refractivity (Wildman–Crippen MR) is 76.3 cm³/mol. The van der Waals surface area contributed by atoms with Crippen LogP contribution in [0.1, 0.15) is 11.5 Å². The Morgan fingerprint density at radius 2 is 2.16 bits per heavy atom. The van der Waals surface area contributed by atoms with Crippen molar-refractivity contribution in [1.29, 1.82) is 0 Å². The van der Waals surface area contributed by atoms with Crippen LogP contribution in [0.4, 0.5) is 0 Å². The van der Waals surface area contributed by atoms with Gasteiger partial charge in [0.2, 0.25) is 0 Å². The van der Waals surface area contributed by atoms with E-state index in [0.29, 0.717) is 17.4 Å². The lowest BCUT2D eigenvalue weighted by Crippen LogP contribution is -2.20. The van der Waals surface area contributed by atoms with Crippen LogP contribution >= 0.6 is 15.9 Å². The molecule has 0 saturated carbocycles. The molecule has 3 rings (SSSR count). The third kappa shape index (κ3) is 2.33. The van der Waals surface area contributed by atoms with Crippen molar-refractivity contribution in [3.63, 3.8) is 0 Å². The van der Waals surface area contributed by atoms with Gasteiger partial charge in [-0.05, 0) is 37.3 Å². The van der Waals surface area contributed by atoms with Crippen molar-refractivity contribution in [3.8, 4) is 0 Å². The number of hydrogen-bond donors (Lipinski definition) is 0. The van der Waals surface area contributed by atoms with Crippen LogP contribution in [0.25, 0.3) is 10.9 Å². The smallest absolute Gasteiger partial charge is 0.261 e. The van der Waals surface area contributed by atoms with Crippen LogP contribution in [-0.2, 0) is 6.54 Å². The summed E-state index contributed by atoms with van der Waals surface area (Å²) in [7, 11) is 0. The summed E-state index contributed by atoms with van der Waals surface area (Å²) in [5.41, 5.74) is 0.623. The number of aryl methyl sites for hydroxylation is 1. The fraction of sp³-hybridized carbons (Fsp3) is 0.143. The second-order valence-electron chi connectivity index (χ2n) is 4.35. The molecule has 0 aliphatic heterocycles. The number of furan rings is 1. The summed E-state index contributed by atoms with van der Waals surface area (Å²) in [5, 5.41) is 0.606. The van der Waals surface area contributed by atoms with Crippen molar-refractivity contribution in [3.05, 3.63) is 63.0 Å². The standard InChI is InChI=1S/C14H11BrN2O2/c1-9-2-4-11(19-9)7-17-8-16-13-6-10(15)3-5-12(13)14(17)18/h2-6,8H,7H2,1H3. The van der Waals surface area contributed by atoms with Crippen molar-refractivity contribution in [2.75, 3.05) is 0 Å². The Bertz CT molecular complexity index is 805. The minimum absolute atomic E-state index is 0.0634. The molecule has 0 fully saturated rings. The van der Waals surface area contributed by atoms with E-state index >= 15 is 0 Å². The van der Waals surface area contributed by atoms with Gasteiger partial charge in [0, 0.05) is 4.47 Å². The number of fused-ring (bicyclic) bond motifs is 1. The van der Waals surface area contributed by atoms with E-state index in [1.165, 1.54) is 0 Å². The van der Waals surface area contributed by atoms with Crippen LogP contribution in [0.5, 0.6) is 0 Å². The number of aromatic nitrogens is 2. The topological polar surface area (TPSA) is 48.0 Å². The third-order valence-electron chi connectivity index (χ3n) is 2.91. The van der Waals surface area contributed by atoms with Crippen LogP contribution in [0, 0.1) is 6.92 Å². The van der Waals surface area contributed by atoms with Crippen molar-refractivity contribution in [2.24, 2.45) is 0 Å². The van der Waals surface area contributed by atoms with Gasteiger partial charge in [-0.25, -0.2) is 4.98 Å². The molecule has 96 valence electrons. The fourth-order valence-corrected chi connectivity index (χ4v) is 2.33. The van der Waals surface area contributed by atoms with E-state index in [4.69, 9.17) is 4.42 Å². The summed E-state index contributed by atoms with van der Waals surface area (Å²) in [4.78, 5) is 16.6. The minimum atomic E-state index is -0.0634. The molecule has 0 saturated heterocycles. The zero-order chi connectivity index (χ0) is 13.4. The van der Waals surface area contributed by atoms with Gasteiger partial charge in [-0.15, -0.1) is 0 Å². The SMILES string of the molecule is Cc1ccc(Cn2cnc3cc(Br)ccc3c2=O)o1. The molecule has 0 amide bonds. The molecule has 0 bridgehead atoms. The summed E-state index contributed by atoms with van der Waals surface area (Å²) in [5.74, 6) is 1.58. The quantitative estimate of drug-likeness (QED) is 0.729. The molecule has 19 heavy (non-hydrogen) atoms. The first kappa shape index (κ1) is 12.2. The maximum absolute atomic E-state index is 12.3. The largest absolute Gasteiger partial charge is 0.464 e. The van der Waals surface area contributed by atoms with E-state index in [2.05, 4.69) is 20.9 Å². The Hall–Kier alpha value is -1.88. The molecule has 4 nitrogen and oxygen atoms in total. The molecule has 0 spiro atoms. The molecular weight excluding hydrogens is 308 g/mol. The van der Waals surface area contributed by atoms with Crippen molar-refractivity contribution >= 4 is 26.8 Å². The molecule has 0 aliphatic rings. The van der Waals surface area contributed by atoms with Crippen LogP contribution in [0.2, 0.25) is 0 Å². The lowest BCUT2D eigenvalue weighted by atomic mass is 10.2. The van der Waals surface area contributed by atoms with Crippen molar-refractivity contribution in [1.82, 2.24) is 9.55 Å². The van der Waals surface area contributed by atoms with Gasteiger partial charge in [-0.3, -0.25) is 9.36 Å². The van der Waals surface area contributed by atoms with Crippen LogP contribution in [0.15, 0.2) is 50.3 Å². The van der Waals surface area contributed by atoms with Crippen molar-refractivity contribution in [2.45, 2.75) is 13.5 Å². The Balaban J connectivity index is 2.08. The molecule has 0 N–H and O–H groups in total. The average Bonchev–Trinajstić information content (AvgIpc) is 2.78. The molecule has 0 aliphatic carbocycles. The second kappa shape index (κ2) is 4.66. The molecule has 2 aromatic heterocycles. The first-order chi connectivity index (χ1) is 9.13. The van der Waals surface area contributed by atoms with E-state index < -0.39 is 0 Å². The second-order valence-corrected chi connectivity index (χ2v) is 5.27. The zero-order valence-corrected chi connectivity index (χ0v) is 11.8. The maximum Gasteiger partial charge on any atom is 0.261 e. The molecule has 0 unspecified atom stereocenters. The lowest BCUT2D eigenvalue weighted by Gasteiger charge is -2.04. The average molecular weight is 319 g/mol. The fourth-order valence-electron chi connectivity index (χ4n) is 1.98. The van der Waals surface area contributed by atoms with Gasteiger partial charge in [0.05, 0.1) is 23.8 Å². The number of hydrogen-bond acceptors (Lipinski definition) is 3. The molecule has 2 heterocycles. The minimum Gasteiger partial charge on any atom is -0.464 e. The van der Waals surface area contributed by atoms with E-state index in [0.717, 1.165) is 16.0 Å². The van der Waals surface area contributed by atoms with Gasteiger partial charge in [-0.2, -0.15) is 0 Å². The molecule has 0 radical (unpaired) electrons. The highest BCUT2D eigenvalue weighted by molar-refractivity contribution is 9.10. The Labute approximate surface area is 117 Å². The Morgan fingerprint density at radius 3 is 2.89 bits per heavy atom. The number of benzene rings is 1. The Kier molecular flexibility index (Phi) is 2.98. The Morgan fingerprint density at radius 1 is 1.32 bits per heavy atom. The van der Waals surface area contributed by atoms with Gasteiger partial charge >= 0.3 is 0 Å². The highest BCUT2D eigenvalue weighted by Crippen LogP contribution is 2.15. The molecular formula is C14H11BrN2O2. The zero-order valence-electron chi connectivity index (χ0n) is 10.3. The van der Waals surface area contributed by atoms with Gasteiger partial charge in [0.25, 0.3) is 5.56 Å². The van der Waals surface area contributed by atoms with E-state index in [9.17, 15) is 4.79 Å². The van der Waals surface area contributed by atoms with Crippen molar-refractivity contribution < 1.29 is 4.42 Å². The highest BCUT2D eigenvalue weighted by Gasteiger charge is 2.06. The molecule has 1 aromatic carbocycles. The number of nitrogens with zero attached hydrogens (tertiary/aromatic N) is 2. The monoisotopic (exact) mass is 318 g/mol. The summed E-state index contributed by atoms with van der Waals surface area (Å²) in [6.45, 7) is 2.27. The highest BCUT2D eigenvalue weighted by atomic mass is 79.9. The van der Waals surface area contributed by atoms with Gasteiger partial charge < -0.3 is 4.42 Å². The number of halogens is 1. The molecule has 3 aromatic rings. The molecule has 5 heteroatoms.